The summed E-state index contributed by atoms with van der Waals surface area (Å²) in [6, 6.07) is 0. The second kappa shape index (κ2) is 13.0. The van der Waals surface area contributed by atoms with Crippen LogP contribution in [0.25, 0.3) is 0 Å². The van der Waals surface area contributed by atoms with Crippen LogP contribution in [0.2, 0.25) is 0 Å². The Kier molecular flexibility index (Phi) is 14.7. The average Bonchev–Trinajstić information content (AvgIpc) is 2.33. The van der Waals surface area contributed by atoms with E-state index in [0.717, 1.165) is 32.1 Å². The number of esters is 1. The van der Waals surface area contributed by atoms with Crippen molar-refractivity contribution in [1.82, 2.24) is 0 Å². The number of rotatable bonds is 11. The van der Waals surface area contributed by atoms with E-state index in [2.05, 4.69) is 6.92 Å². The van der Waals surface area contributed by atoms with E-state index in [1.165, 1.54) is 0 Å². The molecular formula is C12H23KO7S. The monoisotopic (exact) mass is 350 g/mol. The minimum absolute atomic E-state index is 0. The standard InChI is InChI=1S/C12H22O7S.K.H/c1-2-3-4-5-6-7-8-19-12(15)10(9-11(13)14)20(16,17)18;;/h10H,2-9H2,1H3,(H,13,14)(H,16,17,18);;/q;+1;-1. The predicted molar refractivity (Wildman–Crippen MR) is 73.0 cm³/mol. The first kappa shape index (κ1) is 23.7. The van der Waals surface area contributed by atoms with Crippen LogP contribution in [0.4, 0.5) is 0 Å². The first-order valence-corrected chi connectivity index (χ1v) is 8.14. The van der Waals surface area contributed by atoms with E-state index >= 15 is 0 Å². The minimum Gasteiger partial charge on any atom is -1.00 e. The summed E-state index contributed by atoms with van der Waals surface area (Å²) < 4.78 is 35.3. The molecule has 1 atom stereocenters. The SMILES string of the molecule is CCCCCCCCOC(=O)C(CC(=O)O)S(=O)(=O)O.[H-].[K+]. The summed E-state index contributed by atoms with van der Waals surface area (Å²) in [4.78, 5) is 21.9. The van der Waals surface area contributed by atoms with Crippen LogP contribution < -0.4 is 51.4 Å². The van der Waals surface area contributed by atoms with Crippen LogP contribution in [-0.2, 0) is 24.4 Å². The second-order valence-corrected chi connectivity index (χ2v) is 6.14. The molecular weight excluding hydrogens is 327 g/mol. The minimum atomic E-state index is -4.77. The van der Waals surface area contributed by atoms with Crippen LogP contribution in [0.15, 0.2) is 0 Å². The molecule has 9 heteroatoms. The van der Waals surface area contributed by atoms with Gasteiger partial charge in [-0.25, -0.2) is 0 Å². The van der Waals surface area contributed by atoms with Crippen LogP contribution in [0.3, 0.4) is 0 Å². The van der Waals surface area contributed by atoms with Gasteiger partial charge in [0.15, 0.2) is 5.25 Å². The van der Waals surface area contributed by atoms with Gasteiger partial charge in [-0.15, -0.1) is 0 Å². The van der Waals surface area contributed by atoms with Crippen molar-refractivity contribution in [2.24, 2.45) is 0 Å². The Bertz CT molecular complexity index is 414. The largest absolute Gasteiger partial charge is 1.00 e. The van der Waals surface area contributed by atoms with Crippen LogP contribution in [-0.4, -0.2) is 41.9 Å². The van der Waals surface area contributed by atoms with Gasteiger partial charge in [0.25, 0.3) is 10.1 Å². The molecule has 21 heavy (non-hydrogen) atoms. The maximum Gasteiger partial charge on any atom is 1.00 e. The number of hydrogen-bond donors (Lipinski definition) is 2. The average molecular weight is 350 g/mol. The molecule has 0 radical (unpaired) electrons. The zero-order chi connectivity index (χ0) is 15.6. The zero-order valence-electron chi connectivity index (χ0n) is 13.6. The smallest absolute Gasteiger partial charge is 1.00 e. The van der Waals surface area contributed by atoms with Crippen molar-refractivity contribution in [3.63, 3.8) is 0 Å². The Labute approximate surface area is 169 Å². The van der Waals surface area contributed by atoms with Crippen molar-refractivity contribution < 1.29 is 85.2 Å². The van der Waals surface area contributed by atoms with Crippen molar-refractivity contribution in [2.75, 3.05) is 6.61 Å². The van der Waals surface area contributed by atoms with Crippen LogP contribution in [0.1, 0.15) is 53.3 Å². The number of carboxylic acid groups (broad SMARTS) is 1. The van der Waals surface area contributed by atoms with Crippen molar-refractivity contribution in [1.29, 1.82) is 0 Å². The molecule has 0 amide bonds. The van der Waals surface area contributed by atoms with E-state index in [-0.39, 0.29) is 59.4 Å². The Morgan fingerprint density at radius 2 is 1.67 bits per heavy atom. The number of hydrogen-bond acceptors (Lipinski definition) is 5. The number of carboxylic acids is 1. The molecule has 2 N–H and O–H groups in total. The molecule has 120 valence electrons. The fourth-order valence-corrected chi connectivity index (χ4v) is 2.28. The van der Waals surface area contributed by atoms with E-state index in [0.29, 0.717) is 6.42 Å². The van der Waals surface area contributed by atoms with Gasteiger partial charge in [-0.3, -0.25) is 14.1 Å². The Hall–Kier alpha value is 0.486. The normalized spacial score (nSPS) is 12.3. The van der Waals surface area contributed by atoms with Gasteiger partial charge in [-0.2, -0.15) is 8.42 Å². The fraction of sp³-hybridized carbons (Fsp3) is 0.833. The summed E-state index contributed by atoms with van der Waals surface area (Å²) in [7, 11) is -4.77. The second-order valence-electron chi connectivity index (χ2n) is 4.54. The van der Waals surface area contributed by atoms with E-state index in [4.69, 9.17) is 14.4 Å². The summed E-state index contributed by atoms with van der Waals surface area (Å²) in [5.74, 6) is -2.72. The van der Waals surface area contributed by atoms with Crippen molar-refractivity contribution in [3.8, 4) is 0 Å². The molecule has 0 aliphatic heterocycles. The molecule has 1 unspecified atom stereocenters. The maximum absolute atomic E-state index is 11.4. The fourth-order valence-electron chi connectivity index (χ4n) is 1.62. The molecule has 0 spiro atoms. The summed E-state index contributed by atoms with van der Waals surface area (Å²) >= 11 is 0. The van der Waals surface area contributed by atoms with Gasteiger partial charge in [0, 0.05) is 0 Å². The van der Waals surface area contributed by atoms with E-state index in [1.807, 2.05) is 0 Å². The van der Waals surface area contributed by atoms with Gasteiger partial charge >= 0.3 is 63.3 Å². The predicted octanol–water partition coefficient (Wildman–Crippen LogP) is -1.26. The quantitative estimate of drug-likeness (QED) is 0.207. The Morgan fingerprint density at radius 3 is 2.14 bits per heavy atom. The van der Waals surface area contributed by atoms with Crippen molar-refractivity contribution in [3.05, 3.63) is 0 Å². The molecule has 0 aromatic carbocycles. The number of carbonyl (C=O) groups excluding carboxylic acids is 1. The number of aliphatic carboxylic acids is 1. The van der Waals surface area contributed by atoms with Gasteiger partial charge in [-0.05, 0) is 6.42 Å². The van der Waals surface area contributed by atoms with Crippen LogP contribution >= 0.6 is 0 Å². The molecule has 0 aromatic heterocycles. The third kappa shape index (κ3) is 12.7. The summed E-state index contributed by atoms with van der Waals surface area (Å²) in [5.41, 5.74) is 0. The molecule has 0 heterocycles. The summed E-state index contributed by atoms with van der Waals surface area (Å²) in [5, 5.41) is 6.45. The first-order chi connectivity index (χ1) is 9.29. The summed E-state index contributed by atoms with van der Waals surface area (Å²) in [6.07, 6.45) is 4.79. The topological polar surface area (TPSA) is 118 Å². The number of unbranched alkanes of at least 4 members (excludes halogenated alkanes) is 5. The van der Waals surface area contributed by atoms with Crippen LogP contribution in [0, 0.1) is 0 Å². The van der Waals surface area contributed by atoms with Gasteiger partial charge in [0.05, 0.1) is 13.0 Å². The number of ether oxygens (including phenoxy) is 1. The van der Waals surface area contributed by atoms with E-state index < -0.39 is 33.7 Å². The van der Waals surface area contributed by atoms with Crippen LogP contribution in [0.5, 0.6) is 0 Å². The zero-order valence-corrected chi connectivity index (χ0v) is 16.5. The molecule has 0 aliphatic carbocycles. The van der Waals surface area contributed by atoms with Gasteiger partial charge in [0.1, 0.15) is 0 Å². The molecule has 0 aliphatic rings. The molecule has 7 nitrogen and oxygen atoms in total. The molecule has 0 aromatic rings. The molecule has 0 bridgehead atoms. The number of carbonyl (C=O) groups is 2. The van der Waals surface area contributed by atoms with Crippen molar-refractivity contribution >= 4 is 22.1 Å². The first-order valence-electron chi connectivity index (χ1n) is 6.63. The van der Waals surface area contributed by atoms with Gasteiger partial charge < -0.3 is 11.3 Å². The Balaban J connectivity index is -0.00000180. The van der Waals surface area contributed by atoms with Gasteiger partial charge in [-0.1, -0.05) is 39.0 Å². The molecule has 0 saturated heterocycles. The van der Waals surface area contributed by atoms with E-state index in [9.17, 15) is 18.0 Å². The Morgan fingerprint density at radius 1 is 1.14 bits per heavy atom. The maximum atomic E-state index is 11.4. The molecule has 0 fully saturated rings. The molecule has 0 rings (SSSR count). The molecule has 0 saturated carbocycles. The van der Waals surface area contributed by atoms with E-state index in [1.54, 1.807) is 0 Å². The summed E-state index contributed by atoms with van der Waals surface area (Å²) in [6.45, 7) is 2.12. The van der Waals surface area contributed by atoms with Gasteiger partial charge in [0.2, 0.25) is 0 Å². The van der Waals surface area contributed by atoms with Crippen molar-refractivity contribution in [2.45, 2.75) is 57.1 Å². The third-order valence-corrected chi connectivity index (χ3v) is 3.80. The third-order valence-electron chi connectivity index (χ3n) is 2.72.